The van der Waals surface area contributed by atoms with E-state index in [9.17, 15) is 5.11 Å². The third-order valence-corrected chi connectivity index (χ3v) is 9.17. The van der Waals surface area contributed by atoms with Gasteiger partial charge in [0.1, 0.15) is 6.10 Å². The Bertz CT molecular complexity index is 678. The van der Waals surface area contributed by atoms with Crippen LogP contribution in [0.3, 0.4) is 0 Å². The molecule has 3 unspecified atom stereocenters. The first-order valence-corrected chi connectivity index (χ1v) is 12.9. The van der Waals surface area contributed by atoms with E-state index in [1.807, 2.05) is 11.8 Å². The van der Waals surface area contributed by atoms with Crippen molar-refractivity contribution in [2.75, 3.05) is 19.8 Å². The van der Waals surface area contributed by atoms with Crippen LogP contribution in [-0.4, -0.2) is 52.9 Å². The second-order valence-corrected chi connectivity index (χ2v) is 10.5. The monoisotopic (exact) mass is 434 g/mol. The summed E-state index contributed by atoms with van der Waals surface area (Å²) >= 11 is 1.96. The highest BCUT2D eigenvalue weighted by Gasteiger charge is 2.44. The van der Waals surface area contributed by atoms with Gasteiger partial charge in [-0.05, 0) is 74.4 Å². The molecular formula is C24H40N3O2S+. The van der Waals surface area contributed by atoms with Gasteiger partial charge < -0.3 is 15.2 Å². The smallest absolute Gasteiger partial charge is 0.194 e. The zero-order chi connectivity index (χ0) is 21.3. The molecule has 0 aromatic rings. The molecule has 1 fully saturated rings. The number of ether oxygens (including phenoxy) is 1. The summed E-state index contributed by atoms with van der Waals surface area (Å²) in [6, 6.07) is 0. The molecule has 2 heterocycles. The Morgan fingerprint density at radius 2 is 1.93 bits per heavy atom. The Labute approximate surface area is 187 Å². The molecule has 0 aromatic heterocycles. The van der Waals surface area contributed by atoms with Gasteiger partial charge >= 0.3 is 0 Å². The van der Waals surface area contributed by atoms with Gasteiger partial charge in [-0.3, -0.25) is 10.2 Å². The summed E-state index contributed by atoms with van der Waals surface area (Å²) in [7, 11) is 0. The van der Waals surface area contributed by atoms with Gasteiger partial charge in [0, 0.05) is 17.5 Å². The summed E-state index contributed by atoms with van der Waals surface area (Å²) in [5, 5.41) is 17.3. The normalized spacial score (nSPS) is 34.8. The molecule has 3 N–H and O–H groups in total. The predicted octanol–water partition coefficient (Wildman–Crippen LogP) is 4.12. The van der Waals surface area contributed by atoms with Crippen molar-refractivity contribution in [3.8, 4) is 0 Å². The number of nitrogens with one attached hydrogen (secondary N) is 2. The molecule has 0 saturated heterocycles. The maximum absolute atomic E-state index is 9.89. The molecule has 0 aromatic carbocycles. The number of fused-ring (bicyclic) bond motifs is 2. The molecule has 2 aliphatic carbocycles. The maximum Gasteiger partial charge on any atom is 0.194 e. The van der Waals surface area contributed by atoms with Gasteiger partial charge in [-0.25, -0.2) is 0 Å². The van der Waals surface area contributed by atoms with Crippen molar-refractivity contribution < 1.29 is 9.84 Å². The summed E-state index contributed by atoms with van der Waals surface area (Å²) in [6.07, 6.45) is 8.71. The Morgan fingerprint density at radius 1 is 1.20 bits per heavy atom. The van der Waals surface area contributed by atoms with E-state index in [0.717, 1.165) is 57.7 Å². The van der Waals surface area contributed by atoms with E-state index < -0.39 is 6.10 Å². The van der Waals surface area contributed by atoms with Gasteiger partial charge in [0.2, 0.25) is 0 Å². The Kier molecular flexibility index (Phi) is 6.98. The van der Waals surface area contributed by atoms with Crippen LogP contribution in [0.5, 0.6) is 0 Å². The van der Waals surface area contributed by atoms with Gasteiger partial charge in [-0.1, -0.05) is 20.8 Å². The van der Waals surface area contributed by atoms with Crippen molar-refractivity contribution in [1.82, 2.24) is 15.5 Å². The molecule has 4 rings (SSSR count). The molecule has 0 radical (unpaired) electrons. The van der Waals surface area contributed by atoms with Crippen LogP contribution >= 0.6 is 11.8 Å². The van der Waals surface area contributed by atoms with Crippen LogP contribution in [0.25, 0.3) is 0 Å². The lowest BCUT2D eigenvalue weighted by Crippen LogP contribution is -2.51. The van der Waals surface area contributed by atoms with Gasteiger partial charge in [0.05, 0.1) is 19.0 Å². The zero-order valence-electron chi connectivity index (χ0n) is 19.0. The first kappa shape index (κ1) is 22.4. The minimum Gasteiger partial charge on any atom is -0.476 e. The molecule has 5 nitrogen and oxygen atoms in total. The first-order chi connectivity index (χ1) is 14.5. The number of allylic oxidation sites excluding steroid dienone is 1. The van der Waals surface area contributed by atoms with E-state index in [-0.39, 0.29) is 0 Å². The number of hydrogen-bond acceptors (Lipinski definition) is 6. The van der Waals surface area contributed by atoms with Crippen molar-refractivity contribution in [3.05, 3.63) is 28.9 Å². The summed E-state index contributed by atoms with van der Waals surface area (Å²) in [6.45, 7) is 13.8. The number of nitrogens with zero attached hydrogens (tertiary/aromatic N) is 1. The van der Waals surface area contributed by atoms with Crippen molar-refractivity contribution in [2.45, 2.75) is 95.3 Å². The van der Waals surface area contributed by atoms with Crippen LogP contribution in [-0.2, 0) is 4.74 Å². The topological polar surface area (TPSA) is 56.8 Å². The molecule has 6 heteroatoms. The molecule has 168 valence electrons. The van der Waals surface area contributed by atoms with Crippen LogP contribution < -0.4 is 10.6 Å². The molecule has 2 aliphatic heterocycles. The highest BCUT2D eigenvalue weighted by Crippen LogP contribution is 2.54. The lowest BCUT2D eigenvalue weighted by atomic mass is 9.77. The predicted molar refractivity (Wildman–Crippen MR) is 125 cm³/mol. The van der Waals surface area contributed by atoms with E-state index in [4.69, 9.17) is 4.74 Å². The molecule has 0 bridgehead atoms. The second kappa shape index (κ2) is 9.35. The SMILES string of the molecule is [CH2+]C(O)CC1CCC2=C1C1=C(OC3CCC(CC)(N(CC)CC)CC3)NCNC1S2. The van der Waals surface area contributed by atoms with Crippen LogP contribution in [0.2, 0.25) is 0 Å². The quantitative estimate of drug-likeness (QED) is 0.500. The van der Waals surface area contributed by atoms with Gasteiger partial charge in [0.15, 0.2) is 12.0 Å². The summed E-state index contributed by atoms with van der Waals surface area (Å²) in [4.78, 5) is 4.16. The van der Waals surface area contributed by atoms with Gasteiger partial charge in [-0.15, -0.1) is 11.8 Å². The van der Waals surface area contributed by atoms with E-state index in [0.29, 0.717) is 22.9 Å². The molecular weight excluding hydrogens is 394 g/mol. The standard InChI is InChI=1S/C24H40N3O2S/c1-5-24(27(6-2)7-3)12-10-18(11-13-24)29-22-21-20-17(14-16(4)28)8-9-19(20)30-23(21)26-15-25-22/h16-18,23,25-26,28H,4-15H2,1-3H3/q+1. The number of rotatable bonds is 8. The average molecular weight is 435 g/mol. The zero-order valence-corrected chi connectivity index (χ0v) is 19.8. The lowest BCUT2D eigenvalue weighted by Gasteiger charge is -2.47. The average Bonchev–Trinajstić information content (AvgIpc) is 3.30. The van der Waals surface area contributed by atoms with E-state index in [2.05, 4.69) is 43.2 Å². The third-order valence-electron chi connectivity index (χ3n) is 7.82. The summed E-state index contributed by atoms with van der Waals surface area (Å²) in [5.41, 5.74) is 3.11. The Hall–Kier alpha value is -0.820. The second-order valence-electron chi connectivity index (χ2n) is 9.33. The lowest BCUT2D eigenvalue weighted by molar-refractivity contribution is -0.0101. The fourth-order valence-electron chi connectivity index (χ4n) is 6.22. The van der Waals surface area contributed by atoms with Crippen molar-refractivity contribution in [3.63, 3.8) is 0 Å². The maximum atomic E-state index is 9.89. The van der Waals surface area contributed by atoms with E-state index in [1.165, 1.54) is 35.3 Å². The van der Waals surface area contributed by atoms with Crippen molar-refractivity contribution >= 4 is 11.8 Å². The van der Waals surface area contributed by atoms with Crippen molar-refractivity contribution in [2.24, 2.45) is 5.92 Å². The van der Waals surface area contributed by atoms with Gasteiger partial charge in [-0.2, -0.15) is 0 Å². The van der Waals surface area contributed by atoms with Crippen molar-refractivity contribution in [1.29, 1.82) is 0 Å². The summed E-state index contributed by atoms with van der Waals surface area (Å²) < 4.78 is 6.68. The highest BCUT2D eigenvalue weighted by molar-refractivity contribution is 8.04. The minimum atomic E-state index is -0.499. The first-order valence-electron chi connectivity index (χ1n) is 12.1. The van der Waals surface area contributed by atoms with E-state index in [1.54, 1.807) is 0 Å². The molecule has 0 spiro atoms. The highest BCUT2D eigenvalue weighted by atomic mass is 32.2. The molecule has 3 atom stereocenters. The largest absolute Gasteiger partial charge is 0.476 e. The minimum absolute atomic E-state index is 0.293. The molecule has 0 amide bonds. The van der Waals surface area contributed by atoms with Crippen LogP contribution in [0.15, 0.2) is 21.9 Å². The van der Waals surface area contributed by atoms with Gasteiger partial charge in [0.25, 0.3) is 0 Å². The molecule has 4 aliphatic rings. The van der Waals surface area contributed by atoms with Crippen LogP contribution in [0.4, 0.5) is 0 Å². The Morgan fingerprint density at radius 3 is 2.57 bits per heavy atom. The van der Waals surface area contributed by atoms with Crippen LogP contribution in [0.1, 0.15) is 72.1 Å². The number of thioether (sulfide) groups is 1. The molecule has 1 saturated carbocycles. The van der Waals surface area contributed by atoms with E-state index >= 15 is 0 Å². The fourth-order valence-corrected chi connectivity index (χ4v) is 7.66. The fraction of sp³-hybridized carbons (Fsp3) is 0.792. The number of aliphatic hydroxyl groups is 1. The summed E-state index contributed by atoms with van der Waals surface area (Å²) in [5.74, 6) is 1.40. The Balaban J connectivity index is 1.48. The van der Waals surface area contributed by atoms with Crippen LogP contribution in [0, 0.1) is 12.8 Å². The molecule has 30 heavy (non-hydrogen) atoms. The number of aliphatic hydroxyl groups excluding tert-OH is 1. The third kappa shape index (κ3) is 4.13. The number of hydrogen-bond donors (Lipinski definition) is 3.